The van der Waals surface area contributed by atoms with E-state index in [4.69, 9.17) is 5.73 Å². The molecule has 1 aromatic heterocycles. The first-order chi connectivity index (χ1) is 9.78. The molecular weight excluding hydrogens is 252 g/mol. The number of carbonyl (C=O) groups excluding carboxylic acids is 1. The van der Waals surface area contributed by atoms with Gasteiger partial charge in [0.2, 0.25) is 0 Å². The lowest BCUT2D eigenvalue weighted by Gasteiger charge is -2.31. The molecule has 5 heteroatoms. The minimum atomic E-state index is -0.0404. The summed E-state index contributed by atoms with van der Waals surface area (Å²) in [4.78, 5) is 23.1. The minimum Gasteiger partial charge on any atom is -0.337 e. The van der Waals surface area contributed by atoms with E-state index in [-0.39, 0.29) is 5.91 Å². The third kappa shape index (κ3) is 2.49. The van der Waals surface area contributed by atoms with Crippen LogP contribution in [0.5, 0.6) is 0 Å². The fourth-order valence-corrected chi connectivity index (χ4v) is 2.66. The molecule has 2 N–H and O–H groups in total. The topological polar surface area (TPSA) is 72.1 Å². The van der Waals surface area contributed by atoms with Crippen LogP contribution in [-0.2, 0) is 0 Å². The van der Waals surface area contributed by atoms with Gasteiger partial charge in [0.25, 0.3) is 5.91 Å². The molecule has 1 saturated heterocycles. The van der Waals surface area contributed by atoms with Crippen LogP contribution in [0.15, 0.2) is 30.5 Å². The fourth-order valence-electron chi connectivity index (χ4n) is 2.66. The van der Waals surface area contributed by atoms with Crippen LogP contribution in [0, 0.1) is 5.92 Å². The molecule has 0 saturated carbocycles. The summed E-state index contributed by atoms with van der Waals surface area (Å²) in [6, 6.07) is 7.57. The maximum Gasteiger partial charge on any atom is 0.274 e. The average molecular weight is 270 g/mol. The molecule has 5 nitrogen and oxygen atoms in total. The smallest absolute Gasteiger partial charge is 0.274 e. The van der Waals surface area contributed by atoms with E-state index >= 15 is 0 Å². The van der Waals surface area contributed by atoms with E-state index in [9.17, 15) is 4.79 Å². The number of nitrogens with zero attached hydrogens (tertiary/aromatic N) is 3. The Morgan fingerprint density at radius 2 is 2.15 bits per heavy atom. The molecule has 0 bridgehead atoms. The lowest BCUT2D eigenvalue weighted by molar-refractivity contribution is 0.0672. The Morgan fingerprint density at radius 3 is 2.95 bits per heavy atom. The molecule has 3 rings (SSSR count). The van der Waals surface area contributed by atoms with Crippen molar-refractivity contribution in [3.05, 3.63) is 36.2 Å². The summed E-state index contributed by atoms with van der Waals surface area (Å²) in [5, 5.41) is 0. The second-order valence-electron chi connectivity index (χ2n) is 5.24. The van der Waals surface area contributed by atoms with E-state index in [1.54, 1.807) is 6.20 Å². The second kappa shape index (κ2) is 5.54. The number of fused-ring (bicyclic) bond motifs is 1. The van der Waals surface area contributed by atoms with E-state index < -0.39 is 0 Å². The lowest BCUT2D eigenvalue weighted by atomic mass is 9.98. The number of nitrogens with two attached hydrogens (primary N) is 1. The van der Waals surface area contributed by atoms with Crippen molar-refractivity contribution in [2.45, 2.75) is 12.8 Å². The van der Waals surface area contributed by atoms with Gasteiger partial charge in [-0.2, -0.15) is 0 Å². The predicted octanol–water partition coefficient (Wildman–Crippen LogP) is 1.44. The molecule has 1 amide bonds. The summed E-state index contributed by atoms with van der Waals surface area (Å²) in [7, 11) is 0. The van der Waals surface area contributed by atoms with E-state index in [0.29, 0.717) is 18.2 Å². The van der Waals surface area contributed by atoms with Crippen LogP contribution in [0.1, 0.15) is 23.3 Å². The summed E-state index contributed by atoms with van der Waals surface area (Å²) in [6.45, 7) is 2.14. The van der Waals surface area contributed by atoms with Gasteiger partial charge in [0.1, 0.15) is 5.69 Å². The lowest BCUT2D eigenvalue weighted by Crippen LogP contribution is -2.42. The SMILES string of the molecule is NCC1CCCN(C(=O)c2cnc3ccccc3n2)C1. The van der Waals surface area contributed by atoms with Gasteiger partial charge in [0.05, 0.1) is 17.2 Å². The molecule has 1 unspecified atom stereocenters. The monoisotopic (exact) mass is 270 g/mol. The zero-order chi connectivity index (χ0) is 13.9. The minimum absolute atomic E-state index is 0.0404. The molecular formula is C15H18N4O. The molecule has 1 aromatic carbocycles. The van der Waals surface area contributed by atoms with E-state index in [1.807, 2.05) is 29.2 Å². The molecule has 0 radical (unpaired) electrons. The largest absolute Gasteiger partial charge is 0.337 e. The van der Waals surface area contributed by atoms with Gasteiger partial charge in [0.15, 0.2) is 0 Å². The Balaban J connectivity index is 1.84. The maximum atomic E-state index is 12.5. The Bertz CT molecular complexity index is 628. The normalized spacial score (nSPS) is 19.2. The van der Waals surface area contributed by atoms with E-state index in [2.05, 4.69) is 9.97 Å². The number of carbonyl (C=O) groups is 1. The first kappa shape index (κ1) is 13.0. The first-order valence-electron chi connectivity index (χ1n) is 6.99. The van der Waals surface area contributed by atoms with E-state index in [0.717, 1.165) is 37.0 Å². The van der Waals surface area contributed by atoms with Gasteiger partial charge in [-0.15, -0.1) is 0 Å². The molecule has 104 valence electrons. The van der Waals surface area contributed by atoms with Crippen molar-refractivity contribution in [2.24, 2.45) is 11.7 Å². The summed E-state index contributed by atoms with van der Waals surface area (Å²) in [5.41, 5.74) is 7.69. The van der Waals surface area contributed by atoms with Gasteiger partial charge in [-0.05, 0) is 37.4 Å². The Kier molecular flexibility index (Phi) is 3.60. The predicted molar refractivity (Wildman–Crippen MR) is 77.2 cm³/mol. The number of hydrogen-bond acceptors (Lipinski definition) is 4. The number of benzene rings is 1. The van der Waals surface area contributed by atoms with Crippen LogP contribution >= 0.6 is 0 Å². The third-order valence-corrected chi connectivity index (χ3v) is 3.81. The number of hydrogen-bond donors (Lipinski definition) is 1. The first-order valence-corrected chi connectivity index (χ1v) is 6.99. The van der Waals surface area contributed by atoms with Crippen molar-refractivity contribution >= 4 is 16.9 Å². The summed E-state index contributed by atoms with van der Waals surface area (Å²) in [6.07, 6.45) is 3.68. The summed E-state index contributed by atoms with van der Waals surface area (Å²) < 4.78 is 0. The van der Waals surface area contributed by atoms with Crippen LogP contribution in [0.3, 0.4) is 0 Å². The molecule has 1 aliphatic heterocycles. The highest BCUT2D eigenvalue weighted by molar-refractivity contribution is 5.93. The quantitative estimate of drug-likeness (QED) is 0.896. The van der Waals surface area contributed by atoms with Crippen molar-refractivity contribution < 1.29 is 4.79 Å². The zero-order valence-electron chi connectivity index (χ0n) is 11.3. The fraction of sp³-hybridized carbons (Fsp3) is 0.400. The van der Waals surface area contributed by atoms with Crippen LogP contribution in [0.25, 0.3) is 11.0 Å². The molecule has 0 spiro atoms. The number of para-hydroxylation sites is 2. The zero-order valence-corrected chi connectivity index (χ0v) is 11.3. The van der Waals surface area contributed by atoms with Crippen LogP contribution in [-0.4, -0.2) is 40.4 Å². The summed E-state index contributed by atoms with van der Waals surface area (Å²) in [5.74, 6) is 0.363. The maximum absolute atomic E-state index is 12.5. The Morgan fingerprint density at radius 1 is 1.35 bits per heavy atom. The molecule has 1 aliphatic rings. The Labute approximate surface area is 117 Å². The van der Waals surface area contributed by atoms with Crippen molar-refractivity contribution in [1.29, 1.82) is 0 Å². The highest BCUT2D eigenvalue weighted by Gasteiger charge is 2.24. The van der Waals surface area contributed by atoms with Crippen molar-refractivity contribution in [3.8, 4) is 0 Å². The van der Waals surface area contributed by atoms with Gasteiger partial charge in [-0.1, -0.05) is 12.1 Å². The van der Waals surface area contributed by atoms with Gasteiger partial charge in [0, 0.05) is 13.1 Å². The summed E-state index contributed by atoms with van der Waals surface area (Å²) >= 11 is 0. The van der Waals surface area contributed by atoms with E-state index in [1.165, 1.54) is 0 Å². The highest BCUT2D eigenvalue weighted by Crippen LogP contribution is 2.17. The second-order valence-corrected chi connectivity index (χ2v) is 5.24. The standard InChI is InChI=1S/C15H18N4O/c16-8-11-4-3-7-19(10-11)15(20)14-9-17-12-5-1-2-6-13(12)18-14/h1-2,5-6,9,11H,3-4,7-8,10,16H2. The number of amides is 1. The molecule has 1 fully saturated rings. The molecule has 2 aromatic rings. The van der Waals surface area contributed by atoms with Gasteiger partial charge >= 0.3 is 0 Å². The molecule has 1 atom stereocenters. The van der Waals surface area contributed by atoms with Crippen molar-refractivity contribution in [1.82, 2.24) is 14.9 Å². The molecule has 20 heavy (non-hydrogen) atoms. The number of rotatable bonds is 2. The van der Waals surface area contributed by atoms with Crippen LogP contribution in [0.2, 0.25) is 0 Å². The van der Waals surface area contributed by atoms with Gasteiger partial charge in [-0.25, -0.2) is 4.98 Å². The Hall–Kier alpha value is -2.01. The van der Waals surface area contributed by atoms with Gasteiger partial charge in [-0.3, -0.25) is 9.78 Å². The van der Waals surface area contributed by atoms with Crippen molar-refractivity contribution in [3.63, 3.8) is 0 Å². The third-order valence-electron chi connectivity index (χ3n) is 3.81. The van der Waals surface area contributed by atoms with Crippen molar-refractivity contribution in [2.75, 3.05) is 19.6 Å². The number of likely N-dealkylation sites (tertiary alicyclic amines) is 1. The number of aromatic nitrogens is 2. The van der Waals surface area contributed by atoms with Gasteiger partial charge < -0.3 is 10.6 Å². The van der Waals surface area contributed by atoms with Crippen LogP contribution in [0.4, 0.5) is 0 Å². The molecule has 2 heterocycles. The van der Waals surface area contributed by atoms with Crippen LogP contribution < -0.4 is 5.73 Å². The number of piperidine rings is 1. The molecule has 0 aliphatic carbocycles. The highest BCUT2D eigenvalue weighted by atomic mass is 16.2. The average Bonchev–Trinajstić information content (AvgIpc) is 2.53.